The van der Waals surface area contributed by atoms with Gasteiger partial charge in [-0.05, 0) is 37.1 Å². The van der Waals surface area contributed by atoms with E-state index in [1.165, 1.54) is 0 Å². The van der Waals surface area contributed by atoms with Gasteiger partial charge in [-0.15, -0.1) is 11.3 Å². The van der Waals surface area contributed by atoms with Crippen molar-refractivity contribution < 1.29 is 18.0 Å². The molecule has 0 fully saturated rings. The molecular formula is C13H11F3N2OS. The molecule has 7 heteroatoms. The molecule has 0 saturated heterocycles. The number of alkyl halides is 3. The van der Waals surface area contributed by atoms with Crippen LogP contribution in [0.2, 0.25) is 0 Å². The highest BCUT2D eigenvalue weighted by atomic mass is 32.1. The molecule has 0 aliphatic rings. The van der Waals surface area contributed by atoms with Crippen LogP contribution in [-0.2, 0) is 6.18 Å². The van der Waals surface area contributed by atoms with Crippen molar-refractivity contribution in [2.45, 2.75) is 20.0 Å². The van der Waals surface area contributed by atoms with Crippen molar-refractivity contribution in [1.29, 1.82) is 0 Å². The summed E-state index contributed by atoms with van der Waals surface area (Å²) < 4.78 is 38.0. The second-order valence-electron chi connectivity index (χ2n) is 4.36. The molecule has 0 aliphatic carbocycles. The van der Waals surface area contributed by atoms with Crippen LogP contribution in [0.1, 0.15) is 26.5 Å². The van der Waals surface area contributed by atoms with Gasteiger partial charge in [-0.25, -0.2) is 4.98 Å². The molecule has 3 nitrogen and oxygen atoms in total. The summed E-state index contributed by atoms with van der Waals surface area (Å²) >= 11 is 0.669. The number of nitrogens with zero attached hydrogens (tertiary/aromatic N) is 1. The van der Waals surface area contributed by atoms with Crippen LogP contribution in [-0.4, -0.2) is 10.9 Å². The number of hydrogen-bond acceptors (Lipinski definition) is 3. The highest BCUT2D eigenvalue weighted by Gasteiger charge is 2.38. The quantitative estimate of drug-likeness (QED) is 0.909. The SMILES string of the molecule is Cc1cc(C)cc(NC(=O)c2scnc2C(F)(F)F)c1. The van der Waals surface area contributed by atoms with E-state index in [0.29, 0.717) is 17.0 Å². The van der Waals surface area contributed by atoms with E-state index in [0.717, 1.165) is 16.6 Å². The van der Waals surface area contributed by atoms with Crippen LogP contribution in [0.3, 0.4) is 0 Å². The first-order valence-corrected chi connectivity index (χ1v) is 6.55. The average Bonchev–Trinajstić information content (AvgIpc) is 2.75. The number of carbonyl (C=O) groups is 1. The van der Waals surface area contributed by atoms with Crippen molar-refractivity contribution in [3.05, 3.63) is 45.4 Å². The molecule has 2 rings (SSSR count). The van der Waals surface area contributed by atoms with E-state index in [9.17, 15) is 18.0 Å². The Morgan fingerprint density at radius 2 is 1.80 bits per heavy atom. The lowest BCUT2D eigenvalue weighted by atomic mass is 10.1. The zero-order valence-corrected chi connectivity index (χ0v) is 11.5. The average molecular weight is 300 g/mol. The van der Waals surface area contributed by atoms with Gasteiger partial charge in [0.1, 0.15) is 4.88 Å². The molecule has 20 heavy (non-hydrogen) atoms. The maximum Gasteiger partial charge on any atom is 0.434 e. The predicted octanol–water partition coefficient (Wildman–Crippen LogP) is 4.03. The largest absolute Gasteiger partial charge is 0.434 e. The van der Waals surface area contributed by atoms with Crippen LogP contribution in [0, 0.1) is 13.8 Å². The Hall–Kier alpha value is -1.89. The normalized spacial score (nSPS) is 11.4. The fourth-order valence-electron chi connectivity index (χ4n) is 1.84. The van der Waals surface area contributed by atoms with Crippen LogP contribution >= 0.6 is 11.3 Å². The first-order chi connectivity index (χ1) is 9.27. The van der Waals surface area contributed by atoms with Gasteiger partial charge in [0, 0.05) is 5.69 Å². The molecule has 1 amide bonds. The number of halogens is 3. The highest BCUT2D eigenvalue weighted by Crippen LogP contribution is 2.33. The van der Waals surface area contributed by atoms with Crippen LogP contribution in [0.15, 0.2) is 23.7 Å². The minimum atomic E-state index is -4.63. The molecule has 0 atom stereocenters. The topological polar surface area (TPSA) is 42.0 Å². The van der Waals surface area contributed by atoms with Crippen molar-refractivity contribution in [2.24, 2.45) is 0 Å². The smallest absolute Gasteiger partial charge is 0.321 e. The minimum absolute atomic E-state index is 0.434. The lowest BCUT2D eigenvalue weighted by molar-refractivity contribution is -0.141. The van der Waals surface area contributed by atoms with E-state index in [1.807, 2.05) is 19.9 Å². The summed E-state index contributed by atoms with van der Waals surface area (Å²) in [6.45, 7) is 3.69. The van der Waals surface area contributed by atoms with Crippen molar-refractivity contribution in [1.82, 2.24) is 4.98 Å². The molecule has 106 valence electrons. The van der Waals surface area contributed by atoms with Crippen LogP contribution in [0.5, 0.6) is 0 Å². The Labute approximate surface area is 117 Å². The van der Waals surface area contributed by atoms with Crippen molar-refractivity contribution in [3.63, 3.8) is 0 Å². The van der Waals surface area contributed by atoms with E-state index < -0.39 is 22.7 Å². The van der Waals surface area contributed by atoms with Gasteiger partial charge in [0.2, 0.25) is 0 Å². The molecule has 1 heterocycles. The third kappa shape index (κ3) is 3.16. The molecule has 0 unspecified atom stereocenters. The summed E-state index contributed by atoms with van der Waals surface area (Å²) in [5, 5.41) is 2.47. The summed E-state index contributed by atoms with van der Waals surface area (Å²) in [6, 6.07) is 5.29. The number of carbonyl (C=O) groups excluding carboxylic acids is 1. The van der Waals surface area contributed by atoms with Gasteiger partial charge in [-0.3, -0.25) is 4.79 Å². The lowest BCUT2D eigenvalue weighted by Crippen LogP contribution is -2.17. The zero-order chi connectivity index (χ0) is 14.9. The number of aromatic nitrogens is 1. The molecule has 1 N–H and O–H groups in total. The van der Waals surface area contributed by atoms with Gasteiger partial charge >= 0.3 is 6.18 Å². The number of amides is 1. The van der Waals surface area contributed by atoms with E-state index >= 15 is 0 Å². The molecule has 0 spiro atoms. The number of hydrogen-bond donors (Lipinski definition) is 1. The first kappa shape index (κ1) is 14.5. The standard InChI is InChI=1S/C13H11F3N2OS/c1-7-3-8(2)5-9(4-7)18-12(19)10-11(13(14,15)16)17-6-20-10/h3-6H,1-2H3,(H,18,19). The molecule has 0 aliphatic heterocycles. The summed E-state index contributed by atoms with van der Waals surface area (Å²) in [4.78, 5) is 14.7. The summed E-state index contributed by atoms with van der Waals surface area (Å²) in [5.41, 5.74) is 2.17. The Morgan fingerprint density at radius 1 is 1.20 bits per heavy atom. The number of thiazole rings is 1. The number of aryl methyl sites for hydroxylation is 2. The Bertz CT molecular complexity index is 629. The van der Waals surface area contributed by atoms with Gasteiger partial charge in [0.25, 0.3) is 5.91 Å². The number of anilines is 1. The third-order valence-corrected chi connectivity index (χ3v) is 3.35. The van der Waals surface area contributed by atoms with Gasteiger partial charge < -0.3 is 5.32 Å². The highest BCUT2D eigenvalue weighted by molar-refractivity contribution is 7.12. The van der Waals surface area contributed by atoms with E-state index in [2.05, 4.69) is 10.3 Å². The molecule has 0 radical (unpaired) electrons. The number of nitrogens with one attached hydrogen (secondary N) is 1. The molecule has 2 aromatic rings. The zero-order valence-electron chi connectivity index (χ0n) is 10.7. The second kappa shape index (κ2) is 5.24. The van der Waals surface area contributed by atoms with Gasteiger partial charge in [-0.2, -0.15) is 13.2 Å². The van der Waals surface area contributed by atoms with E-state index in [-0.39, 0.29) is 0 Å². The predicted molar refractivity (Wildman–Crippen MR) is 71.0 cm³/mol. The first-order valence-electron chi connectivity index (χ1n) is 5.67. The van der Waals surface area contributed by atoms with E-state index in [1.54, 1.807) is 12.1 Å². The van der Waals surface area contributed by atoms with Gasteiger partial charge in [0.05, 0.1) is 5.51 Å². The maximum absolute atomic E-state index is 12.7. The Balaban J connectivity index is 2.27. The lowest BCUT2D eigenvalue weighted by Gasteiger charge is -2.09. The fourth-order valence-corrected chi connectivity index (χ4v) is 2.55. The van der Waals surface area contributed by atoms with Crippen LogP contribution in [0.4, 0.5) is 18.9 Å². The third-order valence-electron chi connectivity index (χ3n) is 2.52. The molecule has 1 aromatic heterocycles. The van der Waals surface area contributed by atoms with E-state index in [4.69, 9.17) is 0 Å². The number of benzene rings is 1. The van der Waals surface area contributed by atoms with Crippen molar-refractivity contribution >= 4 is 22.9 Å². The molecule has 0 saturated carbocycles. The van der Waals surface area contributed by atoms with Crippen LogP contribution in [0.25, 0.3) is 0 Å². The second-order valence-corrected chi connectivity index (χ2v) is 5.21. The molecule has 1 aromatic carbocycles. The Morgan fingerprint density at radius 3 is 2.35 bits per heavy atom. The molecule has 0 bridgehead atoms. The fraction of sp³-hybridized carbons (Fsp3) is 0.231. The number of rotatable bonds is 2. The van der Waals surface area contributed by atoms with Crippen LogP contribution < -0.4 is 5.32 Å². The van der Waals surface area contributed by atoms with Crippen molar-refractivity contribution in [3.8, 4) is 0 Å². The monoisotopic (exact) mass is 300 g/mol. The van der Waals surface area contributed by atoms with Gasteiger partial charge in [0.15, 0.2) is 5.69 Å². The maximum atomic E-state index is 12.7. The van der Waals surface area contributed by atoms with Gasteiger partial charge in [-0.1, -0.05) is 6.07 Å². The molecular weight excluding hydrogens is 289 g/mol. The summed E-state index contributed by atoms with van der Waals surface area (Å²) in [5.74, 6) is -0.801. The summed E-state index contributed by atoms with van der Waals surface area (Å²) in [7, 11) is 0. The Kier molecular flexibility index (Phi) is 3.80. The minimum Gasteiger partial charge on any atom is -0.321 e. The van der Waals surface area contributed by atoms with Crippen molar-refractivity contribution in [2.75, 3.05) is 5.32 Å². The summed E-state index contributed by atoms with van der Waals surface area (Å²) in [6.07, 6.45) is -4.63.